The van der Waals surface area contributed by atoms with Crippen molar-refractivity contribution >= 4 is 5.97 Å². The molecule has 3 N–H and O–H groups in total. The van der Waals surface area contributed by atoms with E-state index in [0.717, 1.165) is 19.4 Å². The Balaban J connectivity index is 2.23. The van der Waals surface area contributed by atoms with Gasteiger partial charge in [0.25, 0.3) is 0 Å². The molecule has 1 heterocycles. The van der Waals surface area contributed by atoms with Crippen molar-refractivity contribution in [1.29, 1.82) is 0 Å². The molecule has 2 atom stereocenters. The molecule has 4 nitrogen and oxygen atoms in total. The summed E-state index contributed by atoms with van der Waals surface area (Å²) in [6.45, 7) is 3.46. The highest BCUT2D eigenvalue weighted by Gasteiger charge is 2.38. The van der Waals surface area contributed by atoms with Crippen LogP contribution in [0.25, 0.3) is 0 Å². The Morgan fingerprint density at radius 1 is 1.35 bits per heavy atom. The molecule has 1 aromatic rings. The Morgan fingerprint density at radius 3 is 2.70 bits per heavy atom. The minimum absolute atomic E-state index is 0.369. The Morgan fingerprint density at radius 2 is 2.05 bits per heavy atom. The number of carbonyl (C=O) groups is 1. The molecule has 20 heavy (non-hydrogen) atoms. The van der Waals surface area contributed by atoms with E-state index >= 15 is 0 Å². The lowest BCUT2D eigenvalue weighted by atomic mass is 9.90. The van der Waals surface area contributed by atoms with E-state index in [4.69, 9.17) is 5.73 Å². The molecule has 1 aromatic carbocycles. The van der Waals surface area contributed by atoms with Crippen molar-refractivity contribution in [3.63, 3.8) is 0 Å². The van der Waals surface area contributed by atoms with E-state index in [0.29, 0.717) is 18.2 Å². The zero-order chi connectivity index (χ0) is 14.6. The minimum Gasteiger partial charge on any atom is -0.480 e. The van der Waals surface area contributed by atoms with Crippen molar-refractivity contribution in [3.05, 3.63) is 35.9 Å². The highest BCUT2D eigenvalue weighted by molar-refractivity contribution is 5.80. The average molecular weight is 276 g/mol. The topological polar surface area (TPSA) is 66.6 Å². The first kappa shape index (κ1) is 15.0. The largest absolute Gasteiger partial charge is 0.480 e. The Bertz CT molecular complexity index is 449. The van der Waals surface area contributed by atoms with E-state index in [1.54, 1.807) is 12.1 Å². The number of aliphatic carboxylic acids is 1. The molecule has 1 saturated heterocycles. The SMILES string of the molecule is CC1CCCCCN1CC(N)(C(=O)O)c1ccccc1. The van der Waals surface area contributed by atoms with Gasteiger partial charge < -0.3 is 10.8 Å². The molecule has 0 spiro atoms. The molecule has 4 heteroatoms. The summed E-state index contributed by atoms with van der Waals surface area (Å²) in [7, 11) is 0. The summed E-state index contributed by atoms with van der Waals surface area (Å²) in [6.07, 6.45) is 4.67. The first-order valence-electron chi connectivity index (χ1n) is 7.36. The number of rotatable bonds is 4. The Hall–Kier alpha value is -1.39. The van der Waals surface area contributed by atoms with Crippen LogP contribution in [0.4, 0.5) is 0 Å². The first-order valence-corrected chi connectivity index (χ1v) is 7.36. The minimum atomic E-state index is -1.33. The van der Waals surface area contributed by atoms with Crippen LogP contribution in [-0.2, 0) is 10.3 Å². The van der Waals surface area contributed by atoms with Gasteiger partial charge in [-0.25, -0.2) is 4.79 Å². The van der Waals surface area contributed by atoms with Gasteiger partial charge in [0.05, 0.1) is 0 Å². The van der Waals surface area contributed by atoms with Crippen LogP contribution >= 0.6 is 0 Å². The van der Waals surface area contributed by atoms with Gasteiger partial charge in [0.15, 0.2) is 5.54 Å². The highest BCUT2D eigenvalue weighted by atomic mass is 16.4. The quantitative estimate of drug-likeness (QED) is 0.884. The summed E-state index contributed by atoms with van der Waals surface area (Å²) in [5.74, 6) is -0.958. The second-order valence-electron chi connectivity index (χ2n) is 5.81. The summed E-state index contributed by atoms with van der Waals surface area (Å²) in [5, 5.41) is 9.62. The van der Waals surface area contributed by atoms with E-state index in [9.17, 15) is 9.90 Å². The molecular formula is C16H24N2O2. The van der Waals surface area contributed by atoms with Gasteiger partial charge >= 0.3 is 5.97 Å². The molecule has 1 aliphatic heterocycles. The number of nitrogens with zero attached hydrogens (tertiary/aromatic N) is 1. The number of hydrogen-bond donors (Lipinski definition) is 2. The van der Waals surface area contributed by atoms with Gasteiger partial charge in [-0.3, -0.25) is 4.90 Å². The monoisotopic (exact) mass is 276 g/mol. The highest BCUT2D eigenvalue weighted by Crippen LogP contribution is 2.24. The predicted molar refractivity (Wildman–Crippen MR) is 79.4 cm³/mol. The number of carboxylic acids is 1. The maximum atomic E-state index is 11.7. The van der Waals surface area contributed by atoms with Crippen molar-refractivity contribution < 1.29 is 9.90 Å². The van der Waals surface area contributed by atoms with Crippen LogP contribution in [0.3, 0.4) is 0 Å². The maximum absolute atomic E-state index is 11.7. The fourth-order valence-corrected chi connectivity index (χ4v) is 2.91. The van der Waals surface area contributed by atoms with E-state index in [1.807, 2.05) is 18.2 Å². The second kappa shape index (κ2) is 6.37. The molecule has 110 valence electrons. The second-order valence-corrected chi connectivity index (χ2v) is 5.81. The lowest BCUT2D eigenvalue weighted by Crippen LogP contribution is -2.55. The average Bonchev–Trinajstić information content (AvgIpc) is 2.65. The first-order chi connectivity index (χ1) is 9.54. The number of hydrogen-bond acceptors (Lipinski definition) is 3. The number of carboxylic acid groups (broad SMARTS) is 1. The van der Waals surface area contributed by atoms with Crippen molar-refractivity contribution in [2.45, 2.75) is 44.2 Å². The predicted octanol–water partition coefficient (Wildman–Crippen LogP) is 2.19. The van der Waals surface area contributed by atoms with Gasteiger partial charge in [-0.1, -0.05) is 43.2 Å². The van der Waals surface area contributed by atoms with Gasteiger partial charge in [0.2, 0.25) is 0 Å². The van der Waals surface area contributed by atoms with Gasteiger partial charge in [0, 0.05) is 12.6 Å². The van der Waals surface area contributed by atoms with Crippen molar-refractivity contribution in [2.75, 3.05) is 13.1 Å². The molecule has 1 fully saturated rings. The van der Waals surface area contributed by atoms with Crippen LogP contribution in [0.15, 0.2) is 30.3 Å². The number of nitrogens with two attached hydrogens (primary N) is 1. The van der Waals surface area contributed by atoms with E-state index < -0.39 is 11.5 Å². The molecule has 0 aromatic heterocycles. The van der Waals surface area contributed by atoms with Crippen molar-refractivity contribution in [3.8, 4) is 0 Å². The number of benzene rings is 1. The van der Waals surface area contributed by atoms with Gasteiger partial charge in [0.1, 0.15) is 0 Å². The van der Waals surface area contributed by atoms with Crippen LogP contribution in [0.5, 0.6) is 0 Å². The summed E-state index contributed by atoms with van der Waals surface area (Å²) < 4.78 is 0. The van der Waals surface area contributed by atoms with E-state index in [2.05, 4.69) is 11.8 Å². The molecule has 0 amide bonds. The lowest BCUT2D eigenvalue weighted by Gasteiger charge is -2.35. The van der Waals surface area contributed by atoms with Crippen molar-refractivity contribution in [2.24, 2.45) is 5.73 Å². The molecule has 0 saturated carbocycles. The molecular weight excluding hydrogens is 252 g/mol. The van der Waals surface area contributed by atoms with E-state index in [-0.39, 0.29) is 0 Å². The van der Waals surface area contributed by atoms with Crippen LogP contribution in [0.2, 0.25) is 0 Å². The normalized spacial score (nSPS) is 23.8. The zero-order valence-corrected chi connectivity index (χ0v) is 12.1. The lowest BCUT2D eigenvalue weighted by molar-refractivity contribution is -0.144. The van der Waals surface area contributed by atoms with Gasteiger partial charge in [-0.05, 0) is 31.9 Å². The van der Waals surface area contributed by atoms with Gasteiger partial charge in [-0.2, -0.15) is 0 Å². The summed E-state index contributed by atoms with van der Waals surface area (Å²) in [6, 6.07) is 9.55. The molecule has 0 aliphatic carbocycles. The van der Waals surface area contributed by atoms with E-state index in [1.165, 1.54) is 12.8 Å². The standard InChI is InChI=1S/C16H24N2O2/c1-13-8-4-3-7-11-18(13)12-16(17,15(19)20)14-9-5-2-6-10-14/h2,5-6,9-10,13H,3-4,7-8,11-12,17H2,1H3,(H,19,20). The summed E-state index contributed by atoms with van der Waals surface area (Å²) in [4.78, 5) is 14.0. The smallest absolute Gasteiger partial charge is 0.329 e. The van der Waals surface area contributed by atoms with Crippen LogP contribution in [0, 0.1) is 0 Å². The third kappa shape index (κ3) is 3.19. The molecule has 2 unspecified atom stereocenters. The fourth-order valence-electron chi connectivity index (χ4n) is 2.91. The Kier molecular flexibility index (Phi) is 4.78. The fraction of sp³-hybridized carbons (Fsp3) is 0.562. The Labute approximate surface area is 120 Å². The van der Waals surface area contributed by atoms with Crippen molar-refractivity contribution in [1.82, 2.24) is 4.90 Å². The third-order valence-corrected chi connectivity index (χ3v) is 4.31. The molecule has 0 bridgehead atoms. The molecule has 2 rings (SSSR count). The number of likely N-dealkylation sites (tertiary alicyclic amines) is 1. The van der Waals surface area contributed by atoms with Crippen LogP contribution in [0.1, 0.15) is 38.2 Å². The van der Waals surface area contributed by atoms with Crippen LogP contribution < -0.4 is 5.73 Å². The molecule has 0 radical (unpaired) electrons. The summed E-state index contributed by atoms with van der Waals surface area (Å²) in [5.41, 5.74) is 5.60. The maximum Gasteiger partial charge on any atom is 0.329 e. The van der Waals surface area contributed by atoms with Crippen LogP contribution in [-0.4, -0.2) is 35.1 Å². The molecule has 1 aliphatic rings. The van der Waals surface area contributed by atoms with Gasteiger partial charge in [-0.15, -0.1) is 0 Å². The zero-order valence-electron chi connectivity index (χ0n) is 12.1. The summed E-state index contributed by atoms with van der Waals surface area (Å²) >= 11 is 0. The third-order valence-electron chi connectivity index (χ3n) is 4.31.